The van der Waals surface area contributed by atoms with Crippen molar-refractivity contribution in [2.45, 2.75) is 64.0 Å². The van der Waals surface area contributed by atoms with E-state index in [0.29, 0.717) is 12.3 Å². The van der Waals surface area contributed by atoms with Crippen LogP contribution in [0.25, 0.3) is 22.0 Å². The van der Waals surface area contributed by atoms with Crippen molar-refractivity contribution in [3.63, 3.8) is 0 Å². The molecule has 0 saturated carbocycles. The molecule has 0 aliphatic carbocycles. The van der Waals surface area contributed by atoms with Crippen LogP contribution in [-0.2, 0) is 0 Å². The summed E-state index contributed by atoms with van der Waals surface area (Å²) in [7, 11) is 0. The van der Waals surface area contributed by atoms with E-state index in [0.717, 1.165) is 65.7 Å². The zero-order chi connectivity index (χ0) is 25.9. The summed E-state index contributed by atoms with van der Waals surface area (Å²) < 4.78 is 5.59. The molecule has 6 rings (SSSR count). The van der Waals surface area contributed by atoms with Crippen LogP contribution in [0.5, 0.6) is 5.75 Å². The Balaban J connectivity index is 1.06. The van der Waals surface area contributed by atoms with Gasteiger partial charge in [-0.3, -0.25) is 4.79 Å². The van der Waals surface area contributed by atoms with Gasteiger partial charge in [0.2, 0.25) is 0 Å². The standard InChI is InChI=1S/C32H42N4O2/c1-2-38-26-13-11-23(12-14-26)27-8-5-9-29-28(27)21-30(34-29)32(37)33-25-15-19-35(20-16-25)22-24-7-6-18-36-17-4-3-10-31(24)36/h5,8-9,11-14,21,24-25,31,34H,2-4,6-7,10,15-20,22H2,1H3,(H,33,37)/t24-,31+/m0/s1. The number of ether oxygens (including phenoxy) is 1. The minimum atomic E-state index is 0.00224. The third-order valence-corrected chi connectivity index (χ3v) is 9.03. The highest BCUT2D eigenvalue weighted by molar-refractivity contribution is 6.03. The second-order valence-electron chi connectivity index (χ2n) is 11.5. The predicted octanol–water partition coefficient (Wildman–Crippen LogP) is 5.69. The highest BCUT2D eigenvalue weighted by atomic mass is 16.5. The largest absolute Gasteiger partial charge is 0.494 e. The van der Waals surface area contributed by atoms with E-state index in [2.05, 4.69) is 38.3 Å². The molecule has 2 atom stereocenters. The number of likely N-dealkylation sites (tertiary alicyclic amines) is 1. The SMILES string of the molecule is CCOc1ccc(-c2cccc3[nH]c(C(=O)NC4CCN(C[C@@H]5CCCN6CCCC[C@H]56)CC4)cc23)cc1. The minimum Gasteiger partial charge on any atom is -0.494 e. The van der Waals surface area contributed by atoms with Gasteiger partial charge in [0.15, 0.2) is 0 Å². The topological polar surface area (TPSA) is 60.6 Å². The van der Waals surface area contributed by atoms with Crippen LogP contribution in [0, 0.1) is 5.92 Å². The van der Waals surface area contributed by atoms with Crippen molar-refractivity contribution in [1.82, 2.24) is 20.1 Å². The van der Waals surface area contributed by atoms with E-state index in [1.807, 2.05) is 37.3 Å². The van der Waals surface area contributed by atoms with Gasteiger partial charge >= 0.3 is 0 Å². The fourth-order valence-corrected chi connectivity index (χ4v) is 7.07. The van der Waals surface area contributed by atoms with Gasteiger partial charge < -0.3 is 24.8 Å². The number of hydrogen-bond donors (Lipinski definition) is 2. The second kappa shape index (κ2) is 11.5. The van der Waals surface area contributed by atoms with Gasteiger partial charge in [-0.1, -0.05) is 30.7 Å². The van der Waals surface area contributed by atoms with Crippen LogP contribution in [0.1, 0.15) is 62.4 Å². The number of benzene rings is 2. The maximum atomic E-state index is 13.2. The molecule has 6 nitrogen and oxygen atoms in total. The Hall–Kier alpha value is -2.83. The van der Waals surface area contributed by atoms with Crippen LogP contribution < -0.4 is 10.1 Å². The van der Waals surface area contributed by atoms with Gasteiger partial charge in [0.1, 0.15) is 11.4 Å². The second-order valence-corrected chi connectivity index (χ2v) is 11.5. The lowest BCUT2D eigenvalue weighted by Crippen LogP contribution is -2.52. The number of hydrogen-bond acceptors (Lipinski definition) is 4. The summed E-state index contributed by atoms with van der Waals surface area (Å²) >= 11 is 0. The van der Waals surface area contributed by atoms with Crippen molar-refractivity contribution in [1.29, 1.82) is 0 Å². The van der Waals surface area contributed by atoms with Gasteiger partial charge in [0.05, 0.1) is 6.61 Å². The molecular weight excluding hydrogens is 472 g/mol. The van der Waals surface area contributed by atoms with Gasteiger partial charge in [-0.2, -0.15) is 0 Å². The summed E-state index contributed by atoms with van der Waals surface area (Å²) in [6.45, 7) is 8.68. The molecule has 0 bridgehead atoms. The van der Waals surface area contributed by atoms with Crippen molar-refractivity contribution in [3.05, 3.63) is 54.2 Å². The number of aromatic nitrogens is 1. The monoisotopic (exact) mass is 514 g/mol. The number of piperidine rings is 3. The third-order valence-electron chi connectivity index (χ3n) is 9.03. The molecular formula is C32H42N4O2. The highest BCUT2D eigenvalue weighted by Gasteiger charge is 2.34. The first kappa shape index (κ1) is 25.4. The van der Waals surface area contributed by atoms with Crippen LogP contribution in [0.15, 0.2) is 48.5 Å². The molecule has 2 N–H and O–H groups in total. The number of amides is 1. The van der Waals surface area contributed by atoms with E-state index in [-0.39, 0.29) is 11.9 Å². The van der Waals surface area contributed by atoms with E-state index in [4.69, 9.17) is 4.74 Å². The van der Waals surface area contributed by atoms with Crippen molar-refractivity contribution >= 4 is 16.8 Å². The van der Waals surface area contributed by atoms with Crippen LogP contribution in [-0.4, -0.2) is 72.1 Å². The molecule has 202 valence electrons. The van der Waals surface area contributed by atoms with Crippen molar-refractivity contribution in [3.8, 4) is 16.9 Å². The Morgan fingerprint density at radius 3 is 2.61 bits per heavy atom. The van der Waals surface area contributed by atoms with Gasteiger partial charge in [-0.15, -0.1) is 0 Å². The third kappa shape index (κ3) is 5.48. The molecule has 38 heavy (non-hydrogen) atoms. The Morgan fingerprint density at radius 1 is 0.974 bits per heavy atom. The Kier molecular flexibility index (Phi) is 7.70. The van der Waals surface area contributed by atoms with Crippen molar-refractivity contribution in [2.75, 3.05) is 39.3 Å². The maximum absolute atomic E-state index is 13.2. The summed E-state index contributed by atoms with van der Waals surface area (Å²) in [5, 5.41) is 4.39. The average Bonchev–Trinajstić information content (AvgIpc) is 3.40. The Morgan fingerprint density at radius 2 is 1.79 bits per heavy atom. The van der Waals surface area contributed by atoms with E-state index in [1.54, 1.807) is 0 Å². The molecule has 1 amide bonds. The molecule has 4 heterocycles. The average molecular weight is 515 g/mol. The molecule has 3 saturated heterocycles. The molecule has 0 unspecified atom stereocenters. The first-order valence-corrected chi connectivity index (χ1v) is 14.8. The summed E-state index contributed by atoms with van der Waals surface area (Å²) in [5.74, 6) is 1.70. The maximum Gasteiger partial charge on any atom is 0.267 e. The minimum absolute atomic E-state index is 0.00224. The quantitative estimate of drug-likeness (QED) is 0.425. The van der Waals surface area contributed by atoms with E-state index in [9.17, 15) is 4.79 Å². The van der Waals surface area contributed by atoms with E-state index in [1.165, 1.54) is 51.7 Å². The summed E-state index contributed by atoms with van der Waals surface area (Å²) in [5.41, 5.74) is 3.86. The molecule has 0 spiro atoms. The molecule has 6 heteroatoms. The van der Waals surface area contributed by atoms with Crippen LogP contribution in [0.2, 0.25) is 0 Å². The number of carbonyl (C=O) groups is 1. The molecule has 3 aliphatic heterocycles. The zero-order valence-corrected chi connectivity index (χ0v) is 22.8. The van der Waals surface area contributed by atoms with Gasteiger partial charge in [0, 0.05) is 42.6 Å². The summed E-state index contributed by atoms with van der Waals surface area (Å²) in [4.78, 5) is 22.0. The number of carbonyl (C=O) groups excluding carboxylic acids is 1. The molecule has 3 fully saturated rings. The fraction of sp³-hybridized carbons (Fsp3) is 0.531. The van der Waals surface area contributed by atoms with Crippen molar-refractivity contribution < 1.29 is 9.53 Å². The number of aromatic amines is 1. The molecule has 3 aromatic rings. The Bertz CT molecular complexity index is 1230. The number of H-pyrrole nitrogens is 1. The summed E-state index contributed by atoms with van der Waals surface area (Å²) in [6, 6.07) is 17.4. The summed E-state index contributed by atoms with van der Waals surface area (Å²) in [6.07, 6.45) is 8.99. The molecule has 2 aromatic carbocycles. The lowest BCUT2D eigenvalue weighted by atomic mass is 9.83. The normalized spacial score (nSPS) is 23.3. The smallest absolute Gasteiger partial charge is 0.267 e. The van der Waals surface area contributed by atoms with Crippen LogP contribution in [0.3, 0.4) is 0 Å². The molecule has 1 aromatic heterocycles. The van der Waals surface area contributed by atoms with Crippen molar-refractivity contribution in [2.24, 2.45) is 5.92 Å². The first-order chi connectivity index (χ1) is 18.7. The molecule has 3 aliphatic rings. The van der Waals surface area contributed by atoms with Crippen LogP contribution >= 0.6 is 0 Å². The van der Waals surface area contributed by atoms with Gasteiger partial charge in [-0.25, -0.2) is 0 Å². The molecule has 0 radical (unpaired) electrons. The lowest BCUT2D eigenvalue weighted by molar-refractivity contribution is 0.0351. The van der Waals surface area contributed by atoms with Gasteiger partial charge in [0.25, 0.3) is 5.91 Å². The fourth-order valence-electron chi connectivity index (χ4n) is 7.07. The number of fused-ring (bicyclic) bond motifs is 2. The highest BCUT2D eigenvalue weighted by Crippen LogP contribution is 2.33. The van der Waals surface area contributed by atoms with Crippen LogP contribution in [0.4, 0.5) is 0 Å². The predicted molar refractivity (Wildman–Crippen MR) is 154 cm³/mol. The number of nitrogens with one attached hydrogen (secondary N) is 2. The van der Waals surface area contributed by atoms with E-state index < -0.39 is 0 Å². The number of rotatable bonds is 7. The Labute approximate surface area is 226 Å². The first-order valence-electron chi connectivity index (χ1n) is 14.8. The lowest BCUT2D eigenvalue weighted by Gasteiger charge is -2.46. The number of nitrogens with zero attached hydrogens (tertiary/aromatic N) is 2. The van der Waals surface area contributed by atoms with E-state index >= 15 is 0 Å². The zero-order valence-electron chi connectivity index (χ0n) is 22.8. The van der Waals surface area contributed by atoms with Gasteiger partial charge in [-0.05, 0) is 99.8 Å².